The highest BCUT2D eigenvalue weighted by molar-refractivity contribution is 5.64. The van der Waals surface area contributed by atoms with Crippen LogP contribution in [0.25, 0.3) is 11.1 Å². The van der Waals surface area contributed by atoms with E-state index in [0.717, 1.165) is 0 Å². The van der Waals surface area contributed by atoms with Crippen LogP contribution in [-0.4, -0.2) is 0 Å². The summed E-state index contributed by atoms with van der Waals surface area (Å²) in [4.78, 5) is 0. The highest BCUT2D eigenvalue weighted by Gasteiger charge is 1.97. The first-order valence-electron chi connectivity index (χ1n) is 4.98. The Labute approximate surface area is 90.6 Å². The van der Waals surface area contributed by atoms with Gasteiger partial charge in [-0.05, 0) is 16.7 Å². The van der Waals surface area contributed by atoms with Gasteiger partial charge in [0, 0.05) is 6.42 Å². The predicted molar refractivity (Wildman–Crippen MR) is 64.4 cm³/mol. The highest BCUT2D eigenvalue weighted by Crippen LogP contribution is 2.19. The van der Waals surface area contributed by atoms with Crippen LogP contribution < -0.4 is 0 Å². The summed E-state index contributed by atoms with van der Waals surface area (Å²) in [6.07, 6.45) is 5.99. The lowest BCUT2D eigenvalue weighted by Crippen LogP contribution is -1.83. The summed E-state index contributed by atoms with van der Waals surface area (Å²) in [5.41, 5.74) is 3.65. The molecule has 0 atom stereocenters. The zero-order valence-electron chi connectivity index (χ0n) is 8.48. The lowest BCUT2D eigenvalue weighted by molar-refractivity contribution is 1.32. The molecule has 2 aromatic rings. The number of rotatable bonds is 2. The van der Waals surface area contributed by atoms with E-state index in [0.29, 0.717) is 6.42 Å². The Kier molecular flexibility index (Phi) is 2.85. The summed E-state index contributed by atoms with van der Waals surface area (Å²) in [5, 5.41) is 0. The Bertz CT molecular complexity index is 475. The topological polar surface area (TPSA) is 0 Å². The second-order valence-corrected chi connectivity index (χ2v) is 3.45. The largest absolute Gasteiger partial charge is 0.120 e. The van der Waals surface area contributed by atoms with Gasteiger partial charge in [0.2, 0.25) is 0 Å². The van der Waals surface area contributed by atoms with Crippen LogP contribution in [0.4, 0.5) is 0 Å². The summed E-state index contributed by atoms with van der Waals surface area (Å²) in [6, 6.07) is 18.7. The molecule has 2 rings (SSSR count). The number of terminal acetylenes is 1. The molecule has 72 valence electrons. The summed E-state index contributed by atoms with van der Waals surface area (Å²) in [7, 11) is 0. The third-order valence-corrected chi connectivity index (χ3v) is 2.34. The van der Waals surface area contributed by atoms with Crippen LogP contribution in [0.3, 0.4) is 0 Å². The monoisotopic (exact) mass is 192 g/mol. The molecule has 0 nitrogen and oxygen atoms in total. The Balaban J connectivity index is 2.38. The van der Waals surface area contributed by atoms with E-state index in [2.05, 4.69) is 42.3 Å². The summed E-state index contributed by atoms with van der Waals surface area (Å²) >= 11 is 0. The lowest BCUT2D eigenvalue weighted by Gasteiger charge is -2.03. The van der Waals surface area contributed by atoms with Crippen molar-refractivity contribution in [2.75, 3.05) is 0 Å². The molecule has 0 aliphatic heterocycles. The third-order valence-electron chi connectivity index (χ3n) is 2.34. The van der Waals surface area contributed by atoms with Gasteiger partial charge >= 0.3 is 0 Å². The summed E-state index contributed by atoms with van der Waals surface area (Å²) < 4.78 is 0. The molecule has 2 aromatic carbocycles. The van der Waals surface area contributed by atoms with E-state index in [1.54, 1.807) is 0 Å². The van der Waals surface area contributed by atoms with Gasteiger partial charge in [0.05, 0.1) is 0 Å². The van der Waals surface area contributed by atoms with Gasteiger partial charge in [-0.2, -0.15) is 0 Å². The third kappa shape index (κ3) is 2.27. The van der Waals surface area contributed by atoms with E-state index in [1.165, 1.54) is 16.7 Å². The summed E-state index contributed by atoms with van der Waals surface area (Å²) in [6.45, 7) is 0. The minimum Gasteiger partial charge on any atom is -0.120 e. The van der Waals surface area contributed by atoms with E-state index in [4.69, 9.17) is 6.42 Å². The Hall–Kier alpha value is -2.00. The van der Waals surface area contributed by atoms with Crippen molar-refractivity contribution in [3.63, 3.8) is 0 Å². The molecule has 0 bridgehead atoms. The van der Waals surface area contributed by atoms with Gasteiger partial charge in [-0.25, -0.2) is 0 Å². The van der Waals surface area contributed by atoms with E-state index >= 15 is 0 Å². The van der Waals surface area contributed by atoms with Crippen LogP contribution in [0.5, 0.6) is 0 Å². The molecule has 0 aliphatic rings. The summed E-state index contributed by atoms with van der Waals surface area (Å²) in [5.74, 6) is 2.66. The smallest absolute Gasteiger partial charge is 0.0337 e. The molecular formula is C15H12. The molecule has 0 saturated heterocycles. The Morgan fingerprint density at radius 1 is 0.867 bits per heavy atom. The quantitative estimate of drug-likeness (QED) is 0.638. The number of benzene rings is 2. The molecule has 0 saturated carbocycles. The zero-order valence-corrected chi connectivity index (χ0v) is 8.48. The average Bonchev–Trinajstić information content (AvgIpc) is 2.31. The van der Waals surface area contributed by atoms with Crippen molar-refractivity contribution < 1.29 is 0 Å². The van der Waals surface area contributed by atoms with Gasteiger partial charge in [0.15, 0.2) is 0 Å². The van der Waals surface area contributed by atoms with E-state index in [-0.39, 0.29) is 0 Å². The highest BCUT2D eigenvalue weighted by atomic mass is 14.0. The van der Waals surface area contributed by atoms with Crippen LogP contribution in [0, 0.1) is 12.3 Å². The van der Waals surface area contributed by atoms with Gasteiger partial charge in [-0.3, -0.25) is 0 Å². The van der Waals surface area contributed by atoms with Gasteiger partial charge in [-0.1, -0.05) is 54.6 Å². The van der Waals surface area contributed by atoms with Crippen molar-refractivity contribution in [2.45, 2.75) is 6.42 Å². The average molecular weight is 192 g/mol. The molecule has 0 radical (unpaired) electrons. The second kappa shape index (κ2) is 4.48. The normalized spacial score (nSPS) is 9.53. The van der Waals surface area contributed by atoms with Crippen molar-refractivity contribution >= 4 is 0 Å². The molecule has 0 amide bonds. The van der Waals surface area contributed by atoms with Crippen LogP contribution in [0.15, 0.2) is 54.6 Å². The zero-order chi connectivity index (χ0) is 10.5. The number of hydrogen-bond donors (Lipinski definition) is 0. The molecular weight excluding hydrogens is 180 g/mol. The van der Waals surface area contributed by atoms with Crippen molar-refractivity contribution in [1.29, 1.82) is 0 Å². The SMILES string of the molecule is C#CCc1cccc(-c2ccccc2)c1. The predicted octanol–water partition coefficient (Wildman–Crippen LogP) is 3.53. The second-order valence-electron chi connectivity index (χ2n) is 3.45. The number of hydrogen-bond acceptors (Lipinski definition) is 0. The molecule has 0 aromatic heterocycles. The van der Waals surface area contributed by atoms with Gasteiger partial charge in [-0.15, -0.1) is 12.3 Å². The van der Waals surface area contributed by atoms with Crippen molar-refractivity contribution in [1.82, 2.24) is 0 Å². The fraction of sp³-hybridized carbons (Fsp3) is 0.0667. The first-order chi connectivity index (χ1) is 7.40. The van der Waals surface area contributed by atoms with Gasteiger partial charge in [0.25, 0.3) is 0 Å². The van der Waals surface area contributed by atoms with E-state index in [9.17, 15) is 0 Å². The molecule has 0 unspecified atom stereocenters. The van der Waals surface area contributed by atoms with Crippen LogP contribution >= 0.6 is 0 Å². The minimum atomic E-state index is 0.695. The molecule has 0 fully saturated rings. The maximum Gasteiger partial charge on any atom is 0.0337 e. The van der Waals surface area contributed by atoms with Crippen LogP contribution in [-0.2, 0) is 6.42 Å². The standard InChI is InChI=1S/C15H12/c1-2-7-13-8-6-11-15(12-13)14-9-4-3-5-10-14/h1,3-6,8-12H,7H2. The van der Waals surface area contributed by atoms with Crippen molar-refractivity contribution in [2.24, 2.45) is 0 Å². The van der Waals surface area contributed by atoms with E-state index in [1.807, 2.05) is 18.2 Å². The van der Waals surface area contributed by atoms with Gasteiger partial charge < -0.3 is 0 Å². The molecule has 0 aliphatic carbocycles. The fourth-order valence-corrected chi connectivity index (χ4v) is 1.61. The van der Waals surface area contributed by atoms with Crippen molar-refractivity contribution in [3.8, 4) is 23.5 Å². The van der Waals surface area contributed by atoms with Crippen LogP contribution in [0.1, 0.15) is 5.56 Å². The lowest BCUT2D eigenvalue weighted by atomic mass is 10.0. The first kappa shape index (κ1) is 9.55. The van der Waals surface area contributed by atoms with Crippen LogP contribution in [0.2, 0.25) is 0 Å². The first-order valence-corrected chi connectivity index (χ1v) is 4.98. The molecule has 0 heterocycles. The maximum absolute atomic E-state index is 5.30. The molecule has 0 spiro atoms. The fourth-order valence-electron chi connectivity index (χ4n) is 1.61. The van der Waals surface area contributed by atoms with Crippen molar-refractivity contribution in [3.05, 3.63) is 60.2 Å². The van der Waals surface area contributed by atoms with E-state index < -0.39 is 0 Å². The molecule has 0 heteroatoms. The Morgan fingerprint density at radius 2 is 1.60 bits per heavy atom. The molecule has 0 N–H and O–H groups in total. The Morgan fingerprint density at radius 3 is 2.33 bits per heavy atom. The van der Waals surface area contributed by atoms with Gasteiger partial charge in [0.1, 0.15) is 0 Å². The molecule has 15 heavy (non-hydrogen) atoms. The minimum absolute atomic E-state index is 0.695. The maximum atomic E-state index is 5.30.